The van der Waals surface area contributed by atoms with Crippen molar-refractivity contribution < 1.29 is 14.7 Å². The summed E-state index contributed by atoms with van der Waals surface area (Å²) in [5.41, 5.74) is 0.468. The van der Waals surface area contributed by atoms with Gasteiger partial charge in [-0.2, -0.15) is 0 Å². The van der Waals surface area contributed by atoms with Gasteiger partial charge >= 0.3 is 0 Å². The normalized spacial score (nSPS) is 17.5. The van der Waals surface area contributed by atoms with Gasteiger partial charge in [0.05, 0.1) is 5.57 Å². The molecule has 0 aromatic heterocycles. The highest BCUT2D eigenvalue weighted by molar-refractivity contribution is 5.97. The second-order valence-corrected chi connectivity index (χ2v) is 2.28. The molecule has 0 fully saturated rings. The fourth-order valence-corrected chi connectivity index (χ4v) is 0.860. The van der Waals surface area contributed by atoms with Crippen LogP contribution in [0.15, 0.2) is 41.3 Å². The third-order valence-electron chi connectivity index (χ3n) is 1.46. The summed E-state index contributed by atoms with van der Waals surface area (Å²) < 4.78 is 5.00. The van der Waals surface area contributed by atoms with Crippen LogP contribution in [0.5, 0.6) is 0 Å². The van der Waals surface area contributed by atoms with Crippen LogP contribution in [0.4, 0.5) is 0 Å². The van der Waals surface area contributed by atoms with E-state index in [1.54, 1.807) is 25.2 Å². The predicted octanol–water partition coefficient (Wildman–Crippen LogP) is 1.88. The molecule has 0 amide bonds. The first-order valence-electron chi connectivity index (χ1n) is 3.81. The first kappa shape index (κ1) is 9.38. The van der Waals surface area contributed by atoms with Crippen molar-refractivity contribution in [2.24, 2.45) is 5.16 Å². The van der Waals surface area contributed by atoms with Gasteiger partial charge < -0.3 is 14.7 Å². The van der Waals surface area contributed by atoms with Crippen molar-refractivity contribution in [3.05, 3.63) is 36.1 Å². The monoisotopic (exact) mass is 181 g/mol. The molecule has 1 aliphatic heterocycles. The van der Waals surface area contributed by atoms with Gasteiger partial charge in [0.1, 0.15) is 5.76 Å². The SMILES string of the molecule is C=C/C=C(C1=NOCO1)\C(O)=C/C. The molecule has 13 heavy (non-hydrogen) atoms. The molecule has 0 saturated heterocycles. The van der Waals surface area contributed by atoms with Gasteiger partial charge in [0.15, 0.2) is 0 Å². The Morgan fingerprint density at radius 1 is 1.69 bits per heavy atom. The second-order valence-electron chi connectivity index (χ2n) is 2.28. The molecule has 0 radical (unpaired) electrons. The van der Waals surface area contributed by atoms with Gasteiger partial charge in [-0.05, 0) is 24.2 Å². The van der Waals surface area contributed by atoms with Gasteiger partial charge in [-0.15, -0.1) is 0 Å². The van der Waals surface area contributed by atoms with E-state index in [1.807, 2.05) is 0 Å². The van der Waals surface area contributed by atoms with Crippen LogP contribution in [0.25, 0.3) is 0 Å². The second kappa shape index (κ2) is 4.35. The summed E-state index contributed by atoms with van der Waals surface area (Å²) in [6.45, 7) is 5.32. The van der Waals surface area contributed by atoms with E-state index >= 15 is 0 Å². The highest BCUT2D eigenvalue weighted by atomic mass is 16.8. The van der Waals surface area contributed by atoms with Crippen LogP contribution >= 0.6 is 0 Å². The zero-order valence-corrected chi connectivity index (χ0v) is 7.36. The van der Waals surface area contributed by atoms with Gasteiger partial charge in [-0.3, -0.25) is 0 Å². The highest BCUT2D eigenvalue weighted by Crippen LogP contribution is 2.13. The average molecular weight is 181 g/mol. The van der Waals surface area contributed by atoms with E-state index in [0.29, 0.717) is 5.57 Å². The van der Waals surface area contributed by atoms with Gasteiger partial charge in [-0.1, -0.05) is 12.7 Å². The first-order chi connectivity index (χ1) is 6.29. The molecule has 0 aromatic carbocycles. The molecule has 0 atom stereocenters. The highest BCUT2D eigenvalue weighted by Gasteiger charge is 2.16. The van der Waals surface area contributed by atoms with Crippen molar-refractivity contribution in [2.75, 3.05) is 6.79 Å². The molecule has 0 saturated carbocycles. The van der Waals surface area contributed by atoms with Crippen LogP contribution in [0.1, 0.15) is 6.92 Å². The molecule has 0 aliphatic carbocycles. The quantitative estimate of drug-likeness (QED) is 0.534. The van der Waals surface area contributed by atoms with Crippen LogP contribution in [-0.2, 0) is 9.57 Å². The van der Waals surface area contributed by atoms with Crippen LogP contribution in [0.2, 0.25) is 0 Å². The Labute approximate surface area is 76.5 Å². The third-order valence-corrected chi connectivity index (χ3v) is 1.46. The summed E-state index contributed by atoms with van der Waals surface area (Å²) in [5.74, 6) is 0.361. The smallest absolute Gasteiger partial charge is 0.264 e. The summed E-state index contributed by atoms with van der Waals surface area (Å²) in [6.07, 6.45) is 4.68. The number of hydrogen-bond acceptors (Lipinski definition) is 4. The lowest BCUT2D eigenvalue weighted by molar-refractivity contribution is 0.0582. The maximum atomic E-state index is 9.44. The maximum absolute atomic E-state index is 9.44. The lowest BCUT2D eigenvalue weighted by Crippen LogP contribution is -2.05. The molecule has 0 unspecified atom stereocenters. The number of rotatable bonds is 3. The molecule has 1 rings (SSSR count). The van der Waals surface area contributed by atoms with Crippen molar-refractivity contribution >= 4 is 5.90 Å². The molecule has 70 valence electrons. The van der Waals surface area contributed by atoms with Crippen LogP contribution < -0.4 is 0 Å². The van der Waals surface area contributed by atoms with E-state index in [1.165, 1.54) is 0 Å². The van der Waals surface area contributed by atoms with Crippen molar-refractivity contribution in [2.45, 2.75) is 6.92 Å². The number of hydrogen-bond donors (Lipinski definition) is 1. The van der Waals surface area contributed by atoms with E-state index in [4.69, 9.17) is 4.74 Å². The minimum atomic E-state index is 0.0841. The van der Waals surface area contributed by atoms with E-state index < -0.39 is 0 Å². The number of aliphatic hydroxyl groups is 1. The third kappa shape index (κ3) is 2.11. The minimum Gasteiger partial charge on any atom is -0.507 e. The minimum absolute atomic E-state index is 0.0841. The molecule has 1 N–H and O–H groups in total. The molecule has 4 nitrogen and oxygen atoms in total. The fourth-order valence-electron chi connectivity index (χ4n) is 0.860. The van der Waals surface area contributed by atoms with Gasteiger partial charge in [0, 0.05) is 0 Å². The predicted molar refractivity (Wildman–Crippen MR) is 49.1 cm³/mol. The zero-order chi connectivity index (χ0) is 9.68. The summed E-state index contributed by atoms with van der Waals surface area (Å²) in [5, 5.41) is 13.0. The Bertz CT molecular complexity index is 289. The summed E-state index contributed by atoms with van der Waals surface area (Å²) in [6, 6.07) is 0. The van der Waals surface area contributed by atoms with Crippen molar-refractivity contribution in [3.8, 4) is 0 Å². The lowest BCUT2D eigenvalue weighted by atomic mass is 10.2. The van der Waals surface area contributed by atoms with Crippen LogP contribution in [-0.4, -0.2) is 17.8 Å². The number of aliphatic hydroxyl groups excluding tert-OH is 1. The van der Waals surface area contributed by atoms with E-state index in [9.17, 15) is 5.11 Å². The Morgan fingerprint density at radius 2 is 2.46 bits per heavy atom. The van der Waals surface area contributed by atoms with Gasteiger partial charge in [-0.25, -0.2) is 0 Å². The fraction of sp³-hybridized carbons (Fsp3) is 0.222. The molecule has 0 bridgehead atoms. The van der Waals surface area contributed by atoms with Crippen LogP contribution in [0.3, 0.4) is 0 Å². The topological polar surface area (TPSA) is 51.0 Å². The Morgan fingerprint density at radius 3 is 2.92 bits per heavy atom. The largest absolute Gasteiger partial charge is 0.507 e. The molecule has 1 aliphatic rings. The summed E-state index contributed by atoms with van der Waals surface area (Å²) in [7, 11) is 0. The van der Waals surface area contributed by atoms with E-state index in [2.05, 4.69) is 16.6 Å². The average Bonchev–Trinajstić information content (AvgIpc) is 2.65. The van der Waals surface area contributed by atoms with E-state index in [0.717, 1.165) is 0 Å². The molecule has 0 aromatic rings. The zero-order valence-electron chi connectivity index (χ0n) is 7.36. The van der Waals surface area contributed by atoms with Crippen molar-refractivity contribution in [1.82, 2.24) is 0 Å². The van der Waals surface area contributed by atoms with Gasteiger partial charge in [0.2, 0.25) is 0 Å². The van der Waals surface area contributed by atoms with Gasteiger partial charge in [0.25, 0.3) is 12.7 Å². The number of ether oxygens (including phenoxy) is 1. The number of oxime groups is 1. The molecule has 1 heterocycles. The maximum Gasteiger partial charge on any atom is 0.264 e. The molecule has 0 spiro atoms. The molecular formula is C9H11NO3. The Balaban J connectivity index is 2.92. The van der Waals surface area contributed by atoms with Crippen molar-refractivity contribution in [1.29, 1.82) is 0 Å². The molecule has 4 heteroatoms. The number of allylic oxidation sites excluding steroid dienone is 3. The van der Waals surface area contributed by atoms with Crippen molar-refractivity contribution in [3.63, 3.8) is 0 Å². The lowest BCUT2D eigenvalue weighted by Gasteiger charge is -2.02. The first-order valence-corrected chi connectivity index (χ1v) is 3.81. The summed E-state index contributed by atoms with van der Waals surface area (Å²) >= 11 is 0. The molecular weight excluding hydrogens is 170 g/mol. The van der Waals surface area contributed by atoms with E-state index in [-0.39, 0.29) is 18.4 Å². The number of nitrogens with zero attached hydrogens (tertiary/aromatic N) is 1. The standard InChI is InChI=1S/C9H11NO3/c1-3-5-7(8(11)4-2)9-10-13-6-12-9/h3-5,11H,1,6H2,2H3/b7-5+,8-4+. The Kier molecular flexibility index (Phi) is 3.14. The van der Waals surface area contributed by atoms with Crippen LogP contribution in [0, 0.1) is 0 Å². The summed E-state index contributed by atoms with van der Waals surface area (Å²) in [4.78, 5) is 4.63. The Hall–Kier alpha value is -1.71.